The van der Waals surface area contributed by atoms with E-state index < -0.39 is 0 Å². The van der Waals surface area contributed by atoms with Crippen molar-refractivity contribution in [3.8, 4) is 17.8 Å². The van der Waals surface area contributed by atoms with Crippen LogP contribution in [-0.4, -0.2) is 58.3 Å². The molecule has 0 atom stereocenters. The Morgan fingerprint density at radius 2 is 2.09 bits per heavy atom. The maximum atomic E-state index is 9.81. The molecule has 1 saturated heterocycles. The number of hydrogen-bond donors (Lipinski definition) is 2. The molecule has 0 amide bonds. The lowest BCUT2D eigenvalue weighted by Gasteiger charge is -2.36. The van der Waals surface area contributed by atoms with E-state index in [1.165, 1.54) is 18.4 Å². The molecule has 3 heterocycles. The van der Waals surface area contributed by atoms with E-state index in [2.05, 4.69) is 51.4 Å². The summed E-state index contributed by atoms with van der Waals surface area (Å²) in [5, 5.41) is 14.0. The van der Waals surface area contributed by atoms with Gasteiger partial charge in [0.15, 0.2) is 5.65 Å². The molecule has 0 unspecified atom stereocenters. The fraction of sp³-hybridized carbons (Fsp3) is 0.500. The number of anilines is 1. The van der Waals surface area contributed by atoms with Crippen molar-refractivity contribution in [1.29, 1.82) is 5.26 Å². The Hall–Kier alpha value is -3.35. The minimum absolute atomic E-state index is 0.236. The zero-order valence-corrected chi connectivity index (χ0v) is 20.5. The number of hydrogen-bond acceptors (Lipinski definition) is 8. The van der Waals surface area contributed by atoms with Gasteiger partial charge in [0.25, 0.3) is 0 Å². The molecule has 35 heavy (non-hydrogen) atoms. The number of nitrogens with two attached hydrogens (primary N) is 1. The van der Waals surface area contributed by atoms with E-state index in [9.17, 15) is 5.26 Å². The number of methoxy groups -OCH3 is 1. The lowest BCUT2D eigenvalue weighted by molar-refractivity contribution is 0.134. The summed E-state index contributed by atoms with van der Waals surface area (Å²) >= 11 is 0. The topological polar surface area (TPSA) is 114 Å². The molecule has 0 radical (unpaired) electrons. The van der Waals surface area contributed by atoms with Gasteiger partial charge in [0.05, 0.1) is 25.6 Å². The van der Waals surface area contributed by atoms with Crippen molar-refractivity contribution in [1.82, 2.24) is 24.8 Å². The summed E-state index contributed by atoms with van der Waals surface area (Å²) in [6, 6.07) is 10.6. The van der Waals surface area contributed by atoms with Crippen LogP contribution in [0.4, 0.5) is 5.82 Å². The predicted molar refractivity (Wildman–Crippen MR) is 134 cm³/mol. The minimum atomic E-state index is 0.236. The summed E-state index contributed by atoms with van der Waals surface area (Å²) in [6.07, 6.45) is 4.45. The molecule has 2 aliphatic rings. The van der Waals surface area contributed by atoms with E-state index in [0.717, 1.165) is 50.3 Å². The summed E-state index contributed by atoms with van der Waals surface area (Å²) in [5.41, 5.74) is 9.79. The van der Waals surface area contributed by atoms with Crippen molar-refractivity contribution in [2.24, 2.45) is 0 Å². The first-order valence-corrected chi connectivity index (χ1v) is 12.4. The third-order valence-corrected chi connectivity index (χ3v) is 7.17. The van der Waals surface area contributed by atoms with Gasteiger partial charge in [-0.2, -0.15) is 15.2 Å². The van der Waals surface area contributed by atoms with Crippen LogP contribution in [-0.2, 0) is 13.1 Å². The lowest BCUT2D eigenvalue weighted by Crippen LogP contribution is -2.52. The van der Waals surface area contributed by atoms with E-state index in [-0.39, 0.29) is 6.01 Å². The second-order valence-electron chi connectivity index (χ2n) is 9.53. The average Bonchev–Trinajstić information content (AvgIpc) is 3.55. The summed E-state index contributed by atoms with van der Waals surface area (Å²) in [6.45, 7) is 7.14. The first-order valence-electron chi connectivity index (χ1n) is 12.4. The van der Waals surface area contributed by atoms with E-state index in [0.29, 0.717) is 41.2 Å². The van der Waals surface area contributed by atoms with Crippen molar-refractivity contribution in [3.63, 3.8) is 0 Å². The standard InChI is InChI=1S/C26H33N7O2/c1-3-4-11-35-25-30-23(28)21-13-20(14-27)33(24(21)31-25)16-19-6-5-18(12-22(19)34-2)15-32-10-9-29-17-26(32)7-8-26/h5-6,12-13,29H,3-4,7-11,15-17H2,1-2H3,(H2,28,30,31). The zero-order chi connectivity index (χ0) is 24.4. The molecule has 2 fully saturated rings. The Morgan fingerprint density at radius 1 is 1.23 bits per heavy atom. The van der Waals surface area contributed by atoms with Crippen LogP contribution in [0, 0.1) is 11.3 Å². The molecule has 9 nitrogen and oxygen atoms in total. The van der Waals surface area contributed by atoms with Gasteiger partial charge >= 0.3 is 6.01 Å². The van der Waals surface area contributed by atoms with Crippen LogP contribution in [0.5, 0.6) is 11.8 Å². The summed E-state index contributed by atoms with van der Waals surface area (Å²) in [7, 11) is 1.69. The molecule has 1 aliphatic carbocycles. The van der Waals surface area contributed by atoms with Crippen molar-refractivity contribution in [3.05, 3.63) is 41.1 Å². The highest BCUT2D eigenvalue weighted by Gasteiger charge is 2.48. The lowest BCUT2D eigenvalue weighted by atomic mass is 10.1. The highest BCUT2D eigenvalue weighted by atomic mass is 16.5. The SMILES string of the molecule is CCCCOc1nc(N)c2cc(C#N)n(Cc3ccc(CN4CCNCC45CC5)cc3OC)c2n1. The van der Waals surface area contributed by atoms with Gasteiger partial charge in [0.2, 0.25) is 0 Å². The quantitative estimate of drug-likeness (QED) is 0.454. The molecule has 1 spiro atoms. The van der Waals surface area contributed by atoms with Crippen molar-refractivity contribution < 1.29 is 9.47 Å². The van der Waals surface area contributed by atoms with Gasteiger partial charge in [-0.15, -0.1) is 0 Å². The van der Waals surface area contributed by atoms with Crippen LogP contribution in [0.2, 0.25) is 0 Å². The third kappa shape index (κ3) is 4.64. The average molecular weight is 476 g/mol. The highest BCUT2D eigenvalue weighted by Crippen LogP contribution is 2.43. The minimum Gasteiger partial charge on any atom is -0.496 e. The Labute approximate surface area is 205 Å². The second kappa shape index (κ2) is 9.72. The number of rotatable bonds is 9. The fourth-order valence-electron chi connectivity index (χ4n) is 4.93. The number of unbranched alkanes of at least 4 members (excludes halogenated alkanes) is 1. The summed E-state index contributed by atoms with van der Waals surface area (Å²) in [5.74, 6) is 1.11. The maximum absolute atomic E-state index is 9.81. The number of ether oxygens (including phenoxy) is 2. The molecule has 2 aromatic heterocycles. The Kier molecular flexibility index (Phi) is 6.50. The zero-order valence-electron chi connectivity index (χ0n) is 20.5. The Morgan fingerprint density at radius 3 is 2.83 bits per heavy atom. The van der Waals surface area contributed by atoms with Crippen molar-refractivity contribution >= 4 is 16.9 Å². The number of nitriles is 1. The van der Waals surface area contributed by atoms with Crippen LogP contribution in [0.15, 0.2) is 24.3 Å². The number of nitrogens with zero attached hydrogens (tertiary/aromatic N) is 5. The van der Waals surface area contributed by atoms with Crippen LogP contribution >= 0.6 is 0 Å². The van der Waals surface area contributed by atoms with E-state index in [1.807, 2.05) is 4.57 Å². The van der Waals surface area contributed by atoms with Gasteiger partial charge in [0, 0.05) is 37.3 Å². The van der Waals surface area contributed by atoms with Crippen molar-refractivity contribution in [2.75, 3.05) is 39.1 Å². The number of fused-ring (bicyclic) bond motifs is 1. The number of piperazine rings is 1. The van der Waals surface area contributed by atoms with E-state index in [1.54, 1.807) is 13.2 Å². The third-order valence-electron chi connectivity index (χ3n) is 7.17. The molecule has 0 bridgehead atoms. The number of aromatic nitrogens is 3. The van der Waals surface area contributed by atoms with Gasteiger partial charge in [0.1, 0.15) is 23.3 Å². The number of nitrogen functional groups attached to an aromatic ring is 1. The molecular weight excluding hydrogens is 442 g/mol. The summed E-state index contributed by atoms with van der Waals surface area (Å²) < 4.78 is 13.3. The molecule has 1 saturated carbocycles. The second-order valence-corrected chi connectivity index (χ2v) is 9.53. The van der Waals surface area contributed by atoms with Gasteiger partial charge in [-0.1, -0.05) is 25.5 Å². The molecule has 3 N–H and O–H groups in total. The van der Waals surface area contributed by atoms with Gasteiger partial charge < -0.3 is 25.1 Å². The van der Waals surface area contributed by atoms with E-state index in [4.69, 9.17) is 15.2 Å². The first kappa shape index (κ1) is 23.4. The molecule has 184 valence electrons. The Balaban J connectivity index is 1.43. The van der Waals surface area contributed by atoms with Gasteiger partial charge in [-0.25, -0.2) is 0 Å². The Bertz CT molecular complexity index is 1260. The van der Waals surface area contributed by atoms with E-state index >= 15 is 0 Å². The number of nitrogens with one attached hydrogen (secondary N) is 1. The smallest absolute Gasteiger partial charge is 0.320 e. The van der Waals surface area contributed by atoms with Crippen molar-refractivity contribution in [2.45, 2.75) is 51.2 Å². The van der Waals surface area contributed by atoms with Crippen LogP contribution in [0.25, 0.3) is 11.0 Å². The molecule has 3 aromatic rings. The predicted octanol–water partition coefficient (Wildman–Crippen LogP) is 3.06. The fourth-order valence-corrected chi connectivity index (χ4v) is 4.93. The van der Waals surface area contributed by atoms with Crippen LogP contribution in [0.3, 0.4) is 0 Å². The van der Waals surface area contributed by atoms with Crippen LogP contribution in [0.1, 0.15) is 49.4 Å². The normalized spacial score (nSPS) is 16.9. The highest BCUT2D eigenvalue weighted by molar-refractivity contribution is 5.88. The molecule has 1 aromatic carbocycles. The maximum Gasteiger partial charge on any atom is 0.320 e. The molecule has 1 aliphatic heterocycles. The largest absolute Gasteiger partial charge is 0.496 e. The molecule has 5 rings (SSSR count). The molecular formula is C26H33N7O2. The number of benzene rings is 1. The first-order chi connectivity index (χ1) is 17.1. The summed E-state index contributed by atoms with van der Waals surface area (Å²) in [4.78, 5) is 11.5. The van der Waals surface area contributed by atoms with Crippen LogP contribution < -0.4 is 20.5 Å². The van der Waals surface area contributed by atoms with Gasteiger partial charge in [-0.05, 0) is 37.0 Å². The monoisotopic (exact) mass is 475 g/mol. The van der Waals surface area contributed by atoms with Gasteiger partial charge in [-0.3, -0.25) is 4.90 Å². The molecule has 9 heteroatoms.